The van der Waals surface area contributed by atoms with E-state index in [0.717, 1.165) is 19.3 Å². The van der Waals surface area contributed by atoms with Gasteiger partial charge in [0.15, 0.2) is 0 Å². The summed E-state index contributed by atoms with van der Waals surface area (Å²) in [7, 11) is 0. The highest BCUT2D eigenvalue weighted by Crippen LogP contribution is 2.10. The standard InChI is InChI=1S/C12H26N2O2/c1-4-6-7-10(13)11(15)14-9-12(3,16)8-5-2/h10,16H,4-9,13H2,1-3H3,(H,14,15). The number of aliphatic hydroxyl groups is 1. The zero-order valence-corrected chi connectivity index (χ0v) is 10.8. The fraction of sp³-hybridized carbons (Fsp3) is 0.917. The van der Waals surface area contributed by atoms with Gasteiger partial charge in [-0.3, -0.25) is 4.79 Å². The highest BCUT2D eigenvalue weighted by molar-refractivity contribution is 5.81. The minimum atomic E-state index is -0.825. The van der Waals surface area contributed by atoms with Gasteiger partial charge in [-0.25, -0.2) is 0 Å². The molecule has 0 radical (unpaired) electrons. The van der Waals surface area contributed by atoms with Crippen LogP contribution < -0.4 is 11.1 Å². The Hall–Kier alpha value is -0.610. The summed E-state index contributed by atoms with van der Waals surface area (Å²) in [5, 5.41) is 12.6. The third-order valence-electron chi connectivity index (χ3n) is 2.64. The SMILES string of the molecule is CCCCC(N)C(=O)NCC(C)(O)CCC. The van der Waals surface area contributed by atoms with Gasteiger partial charge in [-0.1, -0.05) is 33.1 Å². The molecular formula is C12H26N2O2. The highest BCUT2D eigenvalue weighted by atomic mass is 16.3. The van der Waals surface area contributed by atoms with Crippen molar-refractivity contribution in [2.24, 2.45) is 5.73 Å². The first-order valence-corrected chi connectivity index (χ1v) is 6.18. The van der Waals surface area contributed by atoms with E-state index in [0.29, 0.717) is 12.8 Å². The van der Waals surface area contributed by atoms with E-state index in [1.807, 2.05) is 6.92 Å². The average Bonchev–Trinajstić information content (AvgIpc) is 2.22. The Labute approximate surface area is 98.6 Å². The maximum absolute atomic E-state index is 11.6. The maximum Gasteiger partial charge on any atom is 0.237 e. The third kappa shape index (κ3) is 6.80. The molecule has 4 N–H and O–H groups in total. The molecule has 0 aliphatic carbocycles. The Balaban J connectivity index is 3.87. The minimum Gasteiger partial charge on any atom is -0.388 e. The lowest BCUT2D eigenvalue weighted by Crippen LogP contribution is -2.47. The Morgan fingerprint density at radius 3 is 2.56 bits per heavy atom. The van der Waals surface area contributed by atoms with E-state index in [2.05, 4.69) is 12.2 Å². The predicted octanol–water partition coefficient (Wildman–Crippen LogP) is 1.17. The van der Waals surface area contributed by atoms with Crippen LogP contribution in [0.5, 0.6) is 0 Å². The van der Waals surface area contributed by atoms with Crippen LogP contribution in [0.25, 0.3) is 0 Å². The molecule has 4 nitrogen and oxygen atoms in total. The van der Waals surface area contributed by atoms with Crippen LogP contribution in [0.2, 0.25) is 0 Å². The molecule has 2 atom stereocenters. The zero-order chi connectivity index (χ0) is 12.6. The van der Waals surface area contributed by atoms with E-state index in [1.54, 1.807) is 6.92 Å². The van der Waals surface area contributed by atoms with E-state index in [9.17, 15) is 9.90 Å². The number of rotatable bonds is 8. The summed E-state index contributed by atoms with van der Waals surface area (Å²) >= 11 is 0. The number of carbonyl (C=O) groups excluding carboxylic acids is 1. The molecule has 0 heterocycles. The molecule has 0 spiro atoms. The van der Waals surface area contributed by atoms with Crippen molar-refractivity contribution in [3.63, 3.8) is 0 Å². The summed E-state index contributed by atoms with van der Waals surface area (Å²) in [5.41, 5.74) is 4.89. The van der Waals surface area contributed by atoms with Crippen molar-refractivity contribution in [3.8, 4) is 0 Å². The number of carbonyl (C=O) groups is 1. The normalized spacial score (nSPS) is 16.6. The molecule has 96 valence electrons. The van der Waals surface area contributed by atoms with E-state index in [-0.39, 0.29) is 12.5 Å². The molecule has 0 aromatic heterocycles. The average molecular weight is 230 g/mol. The summed E-state index contributed by atoms with van der Waals surface area (Å²) in [6.07, 6.45) is 4.27. The summed E-state index contributed by atoms with van der Waals surface area (Å²) in [6.45, 7) is 6.08. The van der Waals surface area contributed by atoms with Crippen molar-refractivity contribution in [2.75, 3.05) is 6.54 Å². The lowest BCUT2D eigenvalue weighted by molar-refractivity contribution is -0.123. The van der Waals surface area contributed by atoms with Crippen LogP contribution >= 0.6 is 0 Å². The molecule has 0 saturated heterocycles. The first-order valence-electron chi connectivity index (χ1n) is 6.18. The van der Waals surface area contributed by atoms with Gasteiger partial charge in [-0.05, 0) is 19.8 Å². The Morgan fingerprint density at radius 1 is 1.44 bits per heavy atom. The molecule has 4 heteroatoms. The number of hydrogen-bond acceptors (Lipinski definition) is 3. The van der Waals surface area contributed by atoms with Crippen LogP contribution in [-0.4, -0.2) is 29.2 Å². The van der Waals surface area contributed by atoms with Crippen LogP contribution in [-0.2, 0) is 4.79 Å². The monoisotopic (exact) mass is 230 g/mol. The number of amides is 1. The second-order valence-electron chi connectivity index (χ2n) is 4.71. The van der Waals surface area contributed by atoms with E-state index >= 15 is 0 Å². The van der Waals surface area contributed by atoms with Gasteiger partial charge in [-0.2, -0.15) is 0 Å². The van der Waals surface area contributed by atoms with Gasteiger partial charge >= 0.3 is 0 Å². The van der Waals surface area contributed by atoms with Crippen LogP contribution in [0.3, 0.4) is 0 Å². The van der Waals surface area contributed by atoms with Gasteiger partial charge < -0.3 is 16.2 Å². The lowest BCUT2D eigenvalue weighted by Gasteiger charge is -2.23. The number of nitrogens with one attached hydrogen (secondary N) is 1. The second kappa shape index (κ2) is 7.63. The van der Waals surface area contributed by atoms with Gasteiger partial charge in [0.05, 0.1) is 11.6 Å². The quantitative estimate of drug-likeness (QED) is 0.586. The Morgan fingerprint density at radius 2 is 2.06 bits per heavy atom. The van der Waals surface area contributed by atoms with Crippen molar-refractivity contribution in [3.05, 3.63) is 0 Å². The molecule has 0 saturated carbocycles. The molecule has 0 aromatic rings. The summed E-state index contributed by atoms with van der Waals surface area (Å²) < 4.78 is 0. The largest absolute Gasteiger partial charge is 0.388 e. The van der Waals surface area contributed by atoms with Crippen LogP contribution in [0.1, 0.15) is 52.9 Å². The molecule has 0 bridgehead atoms. The van der Waals surface area contributed by atoms with Crippen molar-refractivity contribution in [1.82, 2.24) is 5.32 Å². The number of hydrogen-bond donors (Lipinski definition) is 3. The third-order valence-corrected chi connectivity index (χ3v) is 2.64. The summed E-state index contributed by atoms with van der Waals surface area (Å²) in [6, 6.07) is -0.447. The van der Waals surface area contributed by atoms with Crippen LogP contribution in [0.15, 0.2) is 0 Å². The summed E-state index contributed by atoms with van der Waals surface area (Å²) in [5.74, 6) is -0.162. The van der Waals surface area contributed by atoms with Gasteiger partial charge in [0, 0.05) is 6.54 Å². The van der Waals surface area contributed by atoms with Crippen molar-refractivity contribution in [1.29, 1.82) is 0 Å². The van der Waals surface area contributed by atoms with Crippen LogP contribution in [0.4, 0.5) is 0 Å². The molecule has 0 aromatic carbocycles. The summed E-state index contributed by atoms with van der Waals surface area (Å²) in [4.78, 5) is 11.6. The molecule has 0 fully saturated rings. The molecule has 0 aliphatic rings. The first kappa shape index (κ1) is 15.4. The molecule has 0 rings (SSSR count). The Kier molecular flexibility index (Phi) is 7.34. The first-order chi connectivity index (χ1) is 7.43. The fourth-order valence-electron chi connectivity index (χ4n) is 1.59. The molecule has 1 amide bonds. The zero-order valence-electron chi connectivity index (χ0n) is 10.8. The van der Waals surface area contributed by atoms with Crippen molar-refractivity contribution < 1.29 is 9.90 Å². The van der Waals surface area contributed by atoms with Crippen LogP contribution in [0, 0.1) is 0 Å². The topological polar surface area (TPSA) is 75.4 Å². The predicted molar refractivity (Wildman–Crippen MR) is 66.0 cm³/mol. The second-order valence-corrected chi connectivity index (χ2v) is 4.71. The van der Waals surface area contributed by atoms with Gasteiger partial charge in [0.2, 0.25) is 5.91 Å². The number of nitrogens with two attached hydrogens (primary N) is 1. The number of unbranched alkanes of at least 4 members (excludes halogenated alkanes) is 1. The van der Waals surface area contributed by atoms with Crippen molar-refractivity contribution >= 4 is 5.91 Å². The van der Waals surface area contributed by atoms with Gasteiger partial charge in [0.1, 0.15) is 0 Å². The van der Waals surface area contributed by atoms with Gasteiger partial charge in [-0.15, -0.1) is 0 Å². The Bertz CT molecular complexity index is 205. The van der Waals surface area contributed by atoms with Gasteiger partial charge in [0.25, 0.3) is 0 Å². The molecule has 2 unspecified atom stereocenters. The van der Waals surface area contributed by atoms with E-state index < -0.39 is 11.6 Å². The highest BCUT2D eigenvalue weighted by Gasteiger charge is 2.21. The van der Waals surface area contributed by atoms with E-state index in [1.165, 1.54) is 0 Å². The molecule has 0 aliphatic heterocycles. The smallest absolute Gasteiger partial charge is 0.237 e. The lowest BCUT2D eigenvalue weighted by atomic mass is 10.0. The molecular weight excluding hydrogens is 204 g/mol. The maximum atomic E-state index is 11.6. The fourth-order valence-corrected chi connectivity index (χ4v) is 1.59. The molecule has 16 heavy (non-hydrogen) atoms. The van der Waals surface area contributed by atoms with E-state index in [4.69, 9.17) is 5.73 Å². The van der Waals surface area contributed by atoms with Crippen molar-refractivity contribution in [2.45, 2.75) is 64.5 Å². The minimum absolute atomic E-state index is 0.162.